The number of aryl methyl sites for hydroxylation is 1. The summed E-state index contributed by atoms with van der Waals surface area (Å²) in [4.78, 5) is 28.2. The van der Waals surface area contributed by atoms with E-state index in [1.165, 1.54) is 0 Å². The second-order valence-electron chi connectivity index (χ2n) is 6.82. The molecule has 0 saturated heterocycles. The van der Waals surface area contributed by atoms with Crippen molar-refractivity contribution in [1.29, 1.82) is 0 Å². The molecular formula is C21H21N7O2. The van der Waals surface area contributed by atoms with Crippen LogP contribution in [0.25, 0.3) is 16.9 Å². The molecule has 1 aliphatic heterocycles. The molecule has 30 heavy (non-hydrogen) atoms. The van der Waals surface area contributed by atoms with Crippen LogP contribution in [-0.4, -0.2) is 43.2 Å². The van der Waals surface area contributed by atoms with Crippen LogP contribution in [0.1, 0.15) is 23.5 Å². The van der Waals surface area contributed by atoms with Crippen LogP contribution in [0.15, 0.2) is 60.8 Å². The van der Waals surface area contributed by atoms with Crippen LogP contribution in [0, 0.1) is 0 Å². The van der Waals surface area contributed by atoms with Crippen molar-refractivity contribution in [1.82, 2.24) is 24.4 Å². The summed E-state index contributed by atoms with van der Waals surface area (Å²) in [6, 6.07) is 17.2. The molecule has 0 fully saturated rings. The highest BCUT2D eigenvalue weighted by Gasteiger charge is 2.18. The molecule has 0 atom stereocenters. The van der Waals surface area contributed by atoms with Gasteiger partial charge in [0.2, 0.25) is 11.7 Å². The summed E-state index contributed by atoms with van der Waals surface area (Å²) in [5.41, 5.74) is 7.66. The number of nitrogens with zero attached hydrogens (tertiary/aromatic N) is 6. The van der Waals surface area contributed by atoms with Crippen LogP contribution >= 0.6 is 0 Å². The summed E-state index contributed by atoms with van der Waals surface area (Å²) in [6.07, 6.45) is 3.24. The normalized spacial score (nSPS) is 13.4. The zero-order chi connectivity index (χ0) is 21.1. The Morgan fingerprint density at radius 3 is 2.63 bits per heavy atom. The van der Waals surface area contributed by atoms with Crippen LogP contribution in [-0.2, 0) is 11.3 Å². The fraction of sp³-hybridized carbons (Fsp3) is 0.190. The number of benzene rings is 1. The summed E-state index contributed by atoms with van der Waals surface area (Å²) in [5, 5.41) is 8.24. The first-order valence-corrected chi connectivity index (χ1v) is 9.54. The smallest absolute Gasteiger partial charge is 0.288 e. The van der Waals surface area contributed by atoms with E-state index in [1.807, 2.05) is 53.2 Å². The molecule has 3 aromatic heterocycles. The van der Waals surface area contributed by atoms with Gasteiger partial charge in [-0.2, -0.15) is 5.10 Å². The summed E-state index contributed by atoms with van der Waals surface area (Å²) in [5.74, 6) is 0.475. The highest BCUT2D eigenvalue weighted by Crippen LogP contribution is 2.19. The highest BCUT2D eigenvalue weighted by atomic mass is 16.2. The maximum Gasteiger partial charge on any atom is 0.288 e. The second kappa shape index (κ2) is 8.16. The molecule has 1 aliphatic rings. The van der Waals surface area contributed by atoms with Crippen molar-refractivity contribution >= 4 is 23.3 Å². The van der Waals surface area contributed by atoms with E-state index in [4.69, 9.17) is 5.73 Å². The Kier molecular flexibility index (Phi) is 5.25. The summed E-state index contributed by atoms with van der Waals surface area (Å²) >= 11 is 0. The Morgan fingerprint density at radius 1 is 1.07 bits per heavy atom. The molecule has 4 aromatic rings. The Bertz CT molecular complexity index is 1200. The monoisotopic (exact) mass is 403 g/mol. The SMILES string of the molecule is CN1C(=O)CCCn2nccc21.NC(=O)c1nc2cccc(-c3ccccc3)n2n1. The minimum Gasteiger partial charge on any atom is -0.363 e. The predicted molar refractivity (Wildman–Crippen MR) is 112 cm³/mol. The first-order valence-electron chi connectivity index (χ1n) is 9.54. The van der Waals surface area contributed by atoms with Crippen molar-refractivity contribution in [3.8, 4) is 11.3 Å². The maximum atomic E-state index is 11.4. The Hall–Kier alpha value is -4.01. The van der Waals surface area contributed by atoms with Crippen LogP contribution in [0.5, 0.6) is 0 Å². The largest absolute Gasteiger partial charge is 0.363 e. The van der Waals surface area contributed by atoms with Crippen molar-refractivity contribution in [2.75, 3.05) is 11.9 Å². The zero-order valence-electron chi connectivity index (χ0n) is 16.5. The fourth-order valence-electron chi connectivity index (χ4n) is 3.30. The van der Waals surface area contributed by atoms with Gasteiger partial charge in [0.1, 0.15) is 5.82 Å². The van der Waals surface area contributed by atoms with E-state index < -0.39 is 5.91 Å². The predicted octanol–water partition coefficient (Wildman–Crippen LogP) is 2.13. The van der Waals surface area contributed by atoms with E-state index in [1.54, 1.807) is 28.7 Å². The molecule has 152 valence electrons. The number of pyridine rings is 1. The van der Waals surface area contributed by atoms with E-state index in [9.17, 15) is 9.59 Å². The Balaban J connectivity index is 0.000000158. The summed E-state index contributed by atoms with van der Waals surface area (Å²) in [6.45, 7) is 0.846. The molecule has 9 heteroatoms. The average Bonchev–Trinajstić information content (AvgIpc) is 3.38. The molecule has 2 amide bonds. The lowest BCUT2D eigenvalue weighted by Gasteiger charge is -2.13. The number of amides is 2. The minimum atomic E-state index is -0.627. The fourth-order valence-corrected chi connectivity index (χ4v) is 3.30. The highest BCUT2D eigenvalue weighted by molar-refractivity contribution is 5.92. The molecule has 0 unspecified atom stereocenters. The van der Waals surface area contributed by atoms with E-state index in [-0.39, 0.29) is 11.7 Å². The van der Waals surface area contributed by atoms with Gasteiger partial charge in [0.15, 0.2) is 5.65 Å². The molecule has 4 heterocycles. The van der Waals surface area contributed by atoms with Gasteiger partial charge in [-0.15, -0.1) is 5.10 Å². The van der Waals surface area contributed by atoms with Crippen molar-refractivity contribution in [3.05, 3.63) is 66.6 Å². The molecule has 2 N–H and O–H groups in total. The number of fused-ring (bicyclic) bond motifs is 2. The molecule has 5 rings (SSSR count). The molecular weight excluding hydrogens is 382 g/mol. The standard InChI is InChI=1S/C13H10N4O.C8H11N3O/c14-12(18)13-15-11-8-4-7-10(17(11)16-13)9-5-2-1-3-6-9;1-10-7-4-5-9-11(7)6-2-3-8(10)12/h1-8H,(H2,14,18);4-5H,2-3,6H2,1H3. The lowest BCUT2D eigenvalue weighted by molar-refractivity contribution is -0.118. The van der Waals surface area contributed by atoms with Crippen molar-refractivity contribution in [3.63, 3.8) is 0 Å². The average molecular weight is 403 g/mol. The van der Waals surface area contributed by atoms with Crippen LogP contribution in [0.2, 0.25) is 0 Å². The van der Waals surface area contributed by atoms with Gasteiger partial charge in [0.05, 0.1) is 11.9 Å². The van der Waals surface area contributed by atoms with Gasteiger partial charge in [0.25, 0.3) is 5.91 Å². The number of nitrogens with two attached hydrogens (primary N) is 1. The number of hydrogen-bond acceptors (Lipinski definition) is 5. The van der Waals surface area contributed by atoms with E-state index in [2.05, 4.69) is 15.2 Å². The number of primary amides is 1. The molecule has 1 aromatic carbocycles. The third-order valence-corrected chi connectivity index (χ3v) is 4.82. The number of aromatic nitrogens is 5. The van der Waals surface area contributed by atoms with E-state index >= 15 is 0 Å². The van der Waals surface area contributed by atoms with Crippen LogP contribution in [0.4, 0.5) is 5.82 Å². The van der Waals surface area contributed by atoms with Gasteiger partial charge < -0.3 is 10.6 Å². The molecule has 0 spiro atoms. The number of hydrogen-bond donors (Lipinski definition) is 1. The van der Waals surface area contributed by atoms with E-state index in [0.717, 1.165) is 30.0 Å². The van der Waals surface area contributed by atoms with Crippen LogP contribution in [0.3, 0.4) is 0 Å². The zero-order valence-corrected chi connectivity index (χ0v) is 16.5. The minimum absolute atomic E-state index is 0.0263. The van der Waals surface area contributed by atoms with Gasteiger partial charge in [-0.1, -0.05) is 36.4 Å². The van der Waals surface area contributed by atoms with Gasteiger partial charge in [-0.25, -0.2) is 14.2 Å². The number of carbonyl (C=O) groups is 2. The van der Waals surface area contributed by atoms with Gasteiger partial charge in [-0.3, -0.25) is 9.59 Å². The van der Waals surface area contributed by atoms with Gasteiger partial charge >= 0.3 is 0 Å². The second-order valence-corrected chi connectivity index (χ2v) is 6.82. The number of anilines is 1. The number of rotatable bonds is 2. The number of carbonyl (C=O) groups excluding carboxylic acids is 2. The lowest BCUT2D eigenvalue weighted by atomic mass is 10.1. The first kappa shape index (κ1) is 19.3. The third kappa shape index (κ3) is 3.77. The van der Waals surface area contributed by atoms with Crippen LogP contribution < -0.4 is 10.6 Å². The Labute approximate surface area is 172 Å². The summed E-state index contributed by atoms with van der Waals surface area (Å²) in [7, 11) is 1.79. The first-order chi connectivity index (χ1) is 14.5. The van der Waals surface area contributed by atoms with Crippen molar-refractivity contribution in [2.24, 2.45) is 5.73 Å². The van der Waals surface area contributed by atoms with E-state index in [0.29, 0.717) is 12.1 Å². The lowest BCUT2D eigenvalue weighted by Crippen LogP contribution is -2.25. The quantitative estimate of drug-likeness (QED) is 0.551. The molecule has 0 aliphatic carbocycles. The van der Waals surface area contributed by atoms with Crippen molar-refractivity contribution < 1.29 is 9.59 Å². The topological polar surface area (TPSA) is 111 Å². The molecule has 0 radical (unpaired) electrons. The maximum absolute atomic E-state index is 11.4. The van der Waals surface area contributed by atoms with Crippen molar-refractivity contribution in [2.45, 2.75) is 19.4 Å². The Morgan fingerprint density at radius 2 is 1.87 bits per heavy atom. The molecule has 0 bridgehead atoms. The summed E-state index contributed by atoms with van der Waals surface area (Å²) < 4.78 is 3.49. The third-order valence-electron chi connectivity index (χ3n) is 4.82. The molecule has 9 nitrogen and oxygen atoms in total. The van der Waals surface area contributed by atoms with Gasteiger partial charge in [0, 0.05) is 31.6 Å². The molecule has 0 saturated carbocycles. The van der Waals surface area contributed by atoms with Gasteiger partial charge in [-0.05, 0) is 18.6 Å².